The van der Waals surface area contributed by atoms with Crippen molar-refractivity contribution in [2.24, 2.45) is 5.92 Å². The maximum absolute atomic E-state index is 12.0. The van der Waals surface area contributed by atoms with Gasteiger partial charge in [-0.15, -0.1) is 0 Å². The third kappa shape index (κ3) is 4.57. The molecule has 1 fully saturated rings. The Morgan fingerprint density at radius 3 is 2.71 bits per heavy atom. The summed E-state index contributed by atoms with van der Waals surface area (Å²) in [6.07, 6.45) is 2.20. The molecule has 1 N–H and O–H groups in total. The van der Waals surface area contributed by atoms with Crippen molar-refractivity contribution < 1.29 is 13.4 Å². The highest BCUT2D eigenvalue weighted by molar-refractivity contribution is 7.85. The molecule has 1 amide bonds. The van der Waals surface area contributed by atoms with Crippen LogP contribution in [0.4, 0.5) is 0 Å². The summed E-state index contributed by atoms with van der Waals surface area (Å²) in [5, 5.41) is 2.83. The molecule has 3 atom stereocenters. The van der Waals surface area contributed by atoms with Crippen LogP contribution in [0.15, 0.2) is 51.8 Å². The molecule has 0 unspecified atom stereocenters. The van der Waals surface area contributed by atoms with Gasteiger partial charge >= 0.3 is 0 Å². The lowest BCUT2D eigenvalue weighted by atomic mass is 10.2. The number of carbonyl (C=O) groups is 1. The van der Waals surface area contributed by atoms with E-state index in [9.17, 15) is 9.00 Å². The molecule has 4 nitrogen and oxygen atoms in total. The second-order valence-corrected chi connectivity index (χ2v) is 7.91. The predicted octanol–water partition coefficient (Wildman–Crippen LogP) is 3.26. The van der Waals surface area contributed by atoms with Crippen LogP contribution in [0.25, 0.3) is 0 Å². The van der Waals surface area contributed by atoms with Gasteiger partial charge in [0.05, 0.1) is 10.8 Å². The zero-order valence-electron chi connectivity index (χ0n) is 13.9. The Bertz CT molecular complexity index is 710. The van der Waals surface area contributed by atoms with E-state index in [2.05, 4.69) is 12.2 Å². The Labute approximate surface area is 145 Å². The smallest absolute Gasteiger partial charge is 0.220 e. The molecule has 1 aromatic carbocycles. The van der Waals surface area contributed by atoms with E-state index in [1.807, 2.05) is 42.5 Å². The fourth-order valence-corrected chi connectivity index (χ4v) is 3.73. The highest BCUT2D eigenvalue weighted by Crippen LogP contribution is 2.47. The van der Waals surface area contributed by atoms with E-state index >= 15 is 0 Å². The largest absolute Gasteiger partial charge is 0.466 e. The van der Waals surface area contributed by atoms with E-state index in [1.54, 1.807) is 0 Å². The molecular weight excluding hydrogens is 322 g/mol. The number of furan rings is 1. The number of rotatable bonds is 8. The normalized spacial score (nSPS) is 20.5. The molecule has 0 saturated heterocycles. The summed E-state index contributed by atoms with van der Waals surface area (Å²) in [6.45, 7) is 2.64. The first-order valence-electron chi connectivity index (χ1n) is 8.42. The molecule has 0 radical (unpaired) electrons. The average Bonchev–Trinajstić information content (AvgIpc) is 3.14. The van der Waals surface area contributed by atoms with E-state index in [-0.39, 0.29) is 5.91 Å². The molecule has 1 aliphatic carbocycles. The molecule has 0 spiro atoms. The maximum atomic E-state index is 12.0. The molecule has 1 saturated carbocycles. The molecule has 1 aliphatic rings. The van der Waals surface area contributed by atoms with Crippen LogP contribution in [0, 0.1) is 5.92 Å². The van der Waals surface area contributed by atoms with Crippen LogP contribution in [0.2, 0.25) is 0 Å². The molecule has 128 valence electrons. The van der Waals surface area contributed by atoms with E-state index in [0.29, 0.717) is 31.1 Å². The third-order valence-electron chi connectivity index (χ3n) is 4.37. The lowest BCUT2D eigenvalue weighted by Gasteiger charge is -2.05. The van der Waals surface area contributed by atoms with Gasteiger partial charge in [-0.25, -0.2) is 0 Å². The summed E-state index contributed by atoms with van der Waals surface area (Å²) < 4.78 is 17.8. The number of hydrogen-bond acceptors (Lipinski definition) is 3. The SMILES string of the molecule is C[C@@H]1C[C@H]1c1ccc(CCC(=O)NCC[S@@](=O)c2ccccc2)o1. The van der Waals surface area contributed by atoms with Gasteiger partial charge in [-0.2, -0.15) is 0 Å². The quantitative estimate of drug-likeness (QED) is 0.799. The maximum Gasteiger partial charge on any atom is 0.220 e. The van der Waals surface area contributed by atoms with Gasteiger partial charge < -0.3 is 9.73 Å². The van der Waals surface area contributed by atoms with Gasteiger partial charge in [-0.1, -0.05) is 25.1 Å². The highest BCUT2D eigenvalue weighted by atomic mass is 32.2. The Morgan fingerprint density at radius 1 is 1.25 bits per heavy atom. The molecule has 1 heterocycles. The van der Waals surface area contributed by atoms with E-state index in [0.717, 1.165) is 22.3 Å². The second-order valence-electron chi connectivity index (χ2n) is 6.34. The summed E-state index contributed by atoms with van der Waals surface area (Å²) >= 11 is 0. The first kappa shape index (κ1) is 17.0. The highest BCUT2D eigenvalue weighted by Gasteiger charge is 2.36. The fourth-order valence-electron chi connectivity index (χ4n) is 2.75. The van der Waals surface area contributed by atoms with Crippen LogP contribution >= 0.6 is 0 Å². The zero-order chi connectivity index (χ0) is 16.9. The molecule has 5 heteroatoms. The molecule has 2 aromatic rings. The topological polar surface area (TPSA) is 59.3 Å². The van der Waals surface area contributed by atoms with Crippen LogP contribution in [0.5, 0.6) is 0 Å². The summed E-state index contributed by atoms with van der Waals surface area (Å²) in [5.41, 5.74) is 0. The van der Waals surface area contributed by atoms with E-state index < -0.39 is 10.8 Å². The Morgan fingerprint density at radius 2 is 2.00 bits per heavy atom. The van der Waals surface area contributed by atoms with Crippen LogP contribution in [-0.2, 0) is 22.0 Å². The van der Waals surface area contributed by atoms with Crippen molar-refractivity contribution in [3.05, 3.63) is 54.0 Å². The van der Waals surface area contributed by atoms with Gasteiger partial charge in [-0.3, -0.25) is 9.00 Å². The van der Waals surface area contributed by atoms with Crippen molar-refractivity contribution in [1.29, 1.82) is 0 Å². The molecule has 0 bridgehead atoms. The minimum Gasteiger partial charge on any atom is -0.466 e. The number of nitrogens with one attached hydrogen (secondary N) is 1. The van der Waals surface area contributed by atoms with Crippen LogP contribution in [0.1, 0.15) is 37.2 Å². The summed E-state index contributed by atoms with van der Waals surface area (Å²) in [4.78, 5) is 12.7. The Hall–Kier alpha value is -1.88. The number of aryl methyl sites for hydroxylation is 1. The first-order chi connectivity index (χ1) is 11.6. The lowest BCUT2D eigenvalue weighted by Crippen LogP contribution is -2.27. The van der Waals surface area contributed by atoms with Crippen LogP contribution in [-0.4, -0.2) is 22.4 Å². The standard InChI is InChI=1S/C19H23NO3S/c1-14-13-17(14)18-9-7-15(23-18)8-10-19(21)20-11-12-24(22)16-5-3-2-4-6-16/h2-7,9,14,17H,8,10-13H2,1H3,(H,20,21)/t14-,17-,24-/m1/s1. The molecular formula is C19H23NO3S. The summed E-state index contributed by atoms with van der Waals surface area (Å²) in [5.74, 6) is 3.61. The van der Waals surface area contributed by atoms with Crippen molar-refractivity contribution in [3.8, 4) is 0 Å². The molecule has 3 rings (SSSR count). The zero-order valence-corrected chi connectivity index (χ0v) is 14.7. The van der Waals surface area contributed by atoms with Crippen molar-refractivity contribution in [1.82, 2.24) is 5.32 Å². The molecule has 0 aliphatic heterocycles. The van der Waals surface area contributed by atoms with Crippen LogP contribution in [0.3, 0.4) is 0 Å². The average molecular weight is 345 g/mol. The number of carbonyl (C=O) groups excluding carboxylic acids is 1. The lowest BCUT2D eigenvalue weighted by molar-refractivity contribution is -0.121. The Kier molecular flexibility index (Phi) is 5.51. The third-order valence-corrected chi connectivity index (χ3v) is 5.74. The van der Waals surface area contributed by atoms with Gasteiger partial charge in [-0.05, 0) is 36.6 Å². The molecule has 24 heavy (non-hydrogen) atoms. The van der Waals surface area contributed by atoms with Crippen molar-refractivity contribution in [3.63, 3.8) is 0 Å². The van der Waals surface area contributed by atoms with Crippen molar-refractivity contribution in [2.45, 2.75) is 37.0 Å². The minimum atomic E-state index is -1.07. The van der Waals surface area contributed by atoms with E-state index in [4.69, 9.17) is 4.42 Å². The predicted molar refractivity (Wildman–Crippen MR) is 94.3 cm³/mol. The second kappa shape index (κ2) is 7.79. The number of amides is 1. The first-order valence-corrected chi connectivity index (χ1v) is 9.74. The Balaban J connectivity index is 1.35. The van der Waals surface area contributed by atoms with Gasteiger partial charge in [0.2, 0.25) is 5.91 Å². The fraction of sp³-hybridized carbons (Fsp3) is 0.421. The van der Waals surface area contributed by atoms with Crippen molar-refractivity contribution >= 4 is 16.7 Å². The minimum absolute atomic E-state index is 0.0298. The van der Waals surface area contributed by atoms with Gasteiger partial charge in [0.25, 0.3) is 0 Å². The van der Waals surface area contributed by atoms with Crippen LogP contribution < -0.4 is 5.32 Å². The number of hydrogen-bond donors (Lipinski definition) is 1. The van der Waals surface area contributed by atoms with Crippen molar-refractivity contribution in [2.75, 3.05) is 12.3 Å². The molecule has 1 aromatic heterocycles. The summed E-state index contributed by atoms with van der Waals surface area (Å²) in [6, 6.07) is 13.3. The number of benzene rings is 1. The van der Waals surface area contributed by atoms with Gasteiger partial charge in [0.1, 0.15) is 11.5 Å². The van der Waals surface area contributed by atoms with Gasteiger partial charge in [0.15, 0.2) is 0 Å². The monoisotopic (exact) mass is 345 g/mol. The van der Waals surface area contributed by atoms with Gasteiger partial charge in [0, 0.05) is 36.0 Å². The van der Waals surface area contributed by atoms with E-state index in [1.165, 1.54) is 6.42 Å². The summed E-state index contributed by atoms with van der Waals surface area (Å²) in [7, 11) is -1.07.